The quantitative estimate of drug-likeness (QED) is 0.637. The van der Waals surface area contributed by atoms with Crippen LogP contribution in [0.4, 0.5) is 11.4 Å². The number of anilines is 1. The van der Waals surface area contributed by atoms with Crippen molar-refractivity contribution >= 4 is 27.3 Å². The molecule has 0 aliphatic rings. The van der Waals surface area contributed by atoms with Crippen LogP contribution in [0.25, 0.3) is 0 Å². The molecule has 1 atom stereocenters. The Morgan fingerprint density at radius 3 is 2.74 bits per heavy atom. The minimum Gasteiger partial charge on any atom is -0.389 e. The summed E-state index contributed by atoms with van der Waals surface area (Å²) in [5.74, 6) is 0. The van der Waals surface area contributed by atoms with Gasteiger partial charge in [0.25, 0.3) is 5.69 Å². The molecule has 1 aromatic rings. The Hall–Kier alpha value is -1.18. The van der Waals surface area contributed by atoms with Crippen LogP contribution in [0.5, 0.6) is 0 Å². The zero-order valence-corrected chi connectivity index (χ0v) is 12.7. The van der Waals surface area contributed by atoms with E-state index in [2.05, 4.69) is 15.9 Å². The number of ether oxygens (including phenoxy) is 1. The zero-order chi connectivity index (χ0) is 14.6. The second kappa shape index (κ2) is 6.83. The number of nitro benzene ring substituents is 1. The molecule has 1 unspecified atom stereocenters. The second-order valence-corrected chi connectivity index (χ2v) is 5.19. The van der Waals surface area contributed by atoms with Gasteiger partial charge in [0.1, 0.15) is 0 Å². The third-order valence-corrected chi connectivity index (χ3v) is 3.35. The summed E-state index contributed by atoms with van der Waals surface area (Å²) in [5, 5.41) is 20.5. The van der Waals surface area contributed by atoms with Crippen LogP contribution in [0.15, 0.2) is 16.6 Å². The highest BCUT2D eigenvalue weighted by Gasteiger charge is 2.17. The van der Waals surface area contributed by atoms with Crippen molar-refractivity contribution < 1.29 is 14.8 Å². The molecule has 106 valence electrons. The third-order valence-electron chi connectivity index (χ3n) is 2.72. The molecule has 0 fully saturated rings. The van der Waals surface area contributed by atoms with Crippen molar-refractivity contribution in [2.24, 2.45) is 0 Å². The van der Waals surface area contributed by atoms with Crippen LogP contribution in [0.2, 0.25) is 0 Å². The van der Waals surface area contributed by atoms with Crippen molar-refractivity contribution in [3.05, 3.63) is 32.3 Å². The Kier molecular flexibility index (Phi) is 5.71. The van der Waals surface area contributed by atoms with Gasteiger partial charge in [0, 0.05) is 36.8 Å². The van der Waals surface area contributed by atoms with E-state index in [1.54, 1.807) is 13.0 Å². The molecule has 0 bridgehead atoms. The van der Waals surface area contributed by atoms with Gasteiger partial charge in [-0.25, -0.2) is 0 Å². The van der Waals surface area contributed by atoms with Gasteiger partial charge >= 0.3 is 0 Å². The molecule has 0 aliphatic carbocycles. The lowest BCUT2D eigenvalue weighted by molar-refractivity contribution is -0.385. The topological polar surface area (TPSA) is 75.8 Å². The first kappa shape index (κ1) is 15.9. The molecule has 6 nitrogen and oxygen atoms in total. The normalized spacial score (nSPS) is 12.3. The van der Waals surface area contributed by atoms with Gasteiger partial charge in [-0.05, 0) is 28.9 Å². The first-order valence-corrected chi connectivity index (χ1v) is 6.48. The highest BCUT2D eigenvalue weighted by molar-refractivity contribution is 9.10. The van der Waals surface area contributed by atoms with Gasteiger partial charge in [0.15, 0.2) is 0 Å². The molecule has 1 N–H and O–H groups in total. The predicted molar refractivity (Wildman–Crippen MR) is 76.7 cm³/mol. The van der Waals surface area contributed by atoms with Crippen LogP contribution in [-0.2, 0) is 4.74 Å². The average Bonchev–Trinajstić information content (AvgIpc) is 2.31. The molecule has 7 heteroatoms. The minimum atomic E-state index is -0.614. The Morgan fingerprint density at radius 2 is 2.21 bits per heavy atom. The van der Waals surface area contributed by atoms with Crippen LogP contribution in [0.1, 0.15) is 5.56 Å². The van der Waals surface area contributed by atoms with Gasteiger partial charge in [0.05, 0.1) is 23.3 Å². The number of nitro groups is 1. The number of rotatable bonds is 6. The average molecular weight is 333 g/mol. The van der Waals surface area contributed by atoms with Gasteiger partial charge in [0.2, 0.25) is 0 Å². The van der Waals surface area contributed by atoms with E-state index in [1.807, 2.05) is 11.9 Å². The van der Waals surface area contributed by atoms with Crippen LogP contribution >= 0.6 is 15.9 Å². The fourth-order valence-corrected chi connectivity index (χ4v) is 2.44. The van der Waals surface area contributed by atoms with Gasteiger partial charge in [-0.3, -0.25) is 10.1 Å². The van der Waals surface area contributed by atoms with Crippen molar-refractivity contribution in [3.8, 4) is 0 Å². The van der Waals surface area contributed by atoms with Crippen LogP contribution in [0, 0.1) is 17.0 Å². The Balaban J connectivity index is 2.95. The van der Waals surface area contributed by atoms with Gasteiger partial charge in [-0.15, -0.1) is 0 Å². The van der Waals surface area contributed by atoms with E-state index < -0.39 is 11.0 Å². The zero-order valence-electron chi connectivity index (χ0n) is 11.1. The molecule has 0 aromatic heterocycles. The maximum Gasteiger partial charge on any atom is 0.273 e. The number of benzene rings is 1. The van der Waals surface area contributed by atoms with Gasteiger partial charge < -0.3 is 14.7 Å². The van der Waals surface area contributed by atoms with E-state index in [1.165, 1.54) is 13.2 Å². The Labute approximate surface area is 120 Å². The minimum absolute atomic E-state index is 0.0708. The summed E-state index contributed by atoms with van der Waals surface area (Å²) < 4.78 is 5.49. The Morgan fingerprint density at radius 1 is 1.58 bits per heavy atom. The number of aliphatic hydroxyl groups excluding tert-OH is 1. The summed E-state index contributed by atoms with van der Waals surface area (Å²) in [7, 11) is 3.33. The largest absolute Gasteiger partial charge is 0.389 e. The van der Waals surface area contributed by atoms with Crippen molar-refractivity contribution in [1.29, 1.82) is 0 Å². The molecular formula is C12H17BrN2O4. The van der Waals surface area contributed by atoms with E-state index in [4.69, 9.17) is 4.74 Å². The first-order chi connectivity index (χ1) is 8.86. The van der Waals surface area contributed by atoms with Crippen molar-refractivity contribution in [3.63, 3.8) is 0 Å². The number of nitrogens with zero attached hydrogens (tertiary/aromatic N) is 2. The lowest BCUT2D eigenvalue weighted by Crippen LogP contribution is -2.32. The second-order valence-electron chi connectivity index (χ2n) is 4.34. The molecule has 0 spiro atoms. The summed E-state index contributed by atoms with van der Waals surface area (Å²) in [6, 6.07) is 3.20. The van der Waals surface area contributed by atoms with Crippen molar-refractivity contribution in [2.75, 3.05) is 32.2 Å². The maximum atomic E-state index is 10.8. The number of hydrogen-bond acceptors (Lipinski definition) is 5. The summed E-state index contributed by atoms with van der Waals surface area (Å²) in [5.41, 5.74) is 1.44. The molecule has 0 amide bonds. The van der Waals surface area contributed by atoms with E-state index in [0.717, 1.165) is 5.69 Å². The van der Waals surface area contributed by atoms with Crippen molar-refractivity contribution in [1.82, 2.24) is 0 Å². The highest BCUT2D eigenvalue weighted by Crippen LogP contribution is 2.32. The molecule has 19 heavy (non-hydrogen) atoms. The number of hydrogen-bond donors (Lipinski definition) is 1. The summed E-state index contributed by atoms with van der Waals surface area (Å²) in [6.07, 6.45) is -0.614. The monoisotopic (exact) mass is 332 g/mol. The number of halogens is 1. The molecule has 0 saturated heterocycles. The molecule has 1 aromatic carbocycles. The lowest BCUT2D eigenvalue weighted by atomic mass is 10.1. The fraction of sp³-hybridized carbons (Fsp3) is 0.500. The standard InChI is InChI=1S/C12H17BrN2O4/c1-8-4-12(10(13)5-11(8)15(17)18)14(2)6-9(16)7-19-3/h4-5,9,16H,6-7H2,1-3H3. The number of likely N-dealkylation sites (N-methyl/N-ethyl adjacent to an activating group) is 1. The van der Waals surface area contributed by atoms with E-state index >= 15 is 0 Å². The van der Waals surface area contributed by atoms with Gasteiger partial charge in [-0.1, -0.05) is 0 Å². The summed E-state index contributed by atoms with van der Waals surface area (Å²) in [6.45, 7) is 2.31. The van der Waals surface area contributed by atoms with Crippen LogP contribution in [0.3, 0.4) is 0 Å². The number of aliphatic hydroxyl groups is 1. The summed E-state index contributed by atoms with van der Waals surface area (Å²) in [4.78, 5) is 12.2. The highest BCUT2D eigenvalue weighted by atomic mass is 79.9. The molecule has 0 radical (unpaired) electrons. The summed E-state index contributed by atoms with van der Waals surface area (Å²) >= 11 is 3.32. The van der Waals surface area contributed by atoms with Gasteiger partial charge in [-0.2, -0.15) is 0 Å². The molecule has 1 rings (SSSR count). The van der Waals surface area contributed by atoms with E-state index in [-0.39, 0.29) is 12.3 Å². The van der Waals surface area contributed by atoms with E-state index in [9.17, 15) is 15.2 Å². The molecular weight excluding hydrogens is 316 g/mol. The first-order valence-electron chi connectivity index (χ1n) is 5.69. The fourth-order valence-electron chi connectivity index (χ4n) is 1.80. The smallest absolute Gasteiger partial charge is 0.273 e. The predicted octanol–water partition coefficient (Wildman–Crippen LogP) is 2.11. The van der Waals surface area contributed by atoms with Crippen LogP contribution < -0.4 is 4.90 Å². The molecule has 0 aliphatic heterocycles. The lowest BCUT2D eigenvalue weighted by Gasteiger charge is -2.23. The number of aryl methyl sites for hydroxylation is 1. The molecule has 0 heterocycles. The van der Waals surface area contributed by atoms with E-state index in [0.29, 0.717) is 16.6 Å². The van der Waals surface area contributed by atoms with Crippen LogP contribution in [-0.4, -0.2) is 43.4 Å². The third kappa shape index (κ3) is 4.15. The maximum absolute atomic E-state index is 10.8. The molecule has 0 saturated carbocycles. The SMILES string of the molecule is COCC(O)CN(C)c1cc(C)c([N+](=O)[O-])cc1Br. The van der Waals surface area contributed by atoms with Crippen molar-refractivity contribution in [2.45, 2.75) is 13.0 Å². The number of methoxy groups -OCH3 is 1. The Bertz CT molecular complexity index is 467.